The predicted molar refractivity (Wildman–Crippen MR) is 93.7 cm³/mol. The smallest absolute Gasteiger partial charge is 0.206 e. The van der Waals surface area contributed by atoms with E-state index in [-0.39, 0.29) is 12.4 Å². The third-order valence-electron chi connectivity index (χ3n) is 3.78. The summed E-state index contributed by atoms with van der Waals surface area (Å²) in [5.41, 5.74) is 3.83. The van der Waals surface area contributed by atoms with Gasteiger partial charge < -0.3 is 9.80 Å². The van der Waals surface area contributed by atoms with E-state index in [2.05, 4.69) is 79.3 Å². The van der Waals surface area contributed by atoms with Crippen LogP contribution >= 0.6 is 28.3 Å². The van der Waals surface area contributed by atoms with Crippen molar-refractivity contribution in [3.8, 4) is 0 Å². The standard InChI is InChI=1S/C16H14BrN3.ClH/c17-13-7-5-12(6-8-13)11-20-15-4-2-1-3-14(15)19-10-9-18-16(19)20;/h1-8H,9-11H2;1H. The lowest BCUT2D eigenvalue weighted by Crippen LogP contribution is -2.34. The molecule has 4 rings (SSSR count). The van der Waals surface area contributed by atoms with Crippen molar-refractivity contribution in [2.45, 2.75) is 6.54 Å². The molecule has 0 unspecified atom stereocenters. The Kier molecular flexibility index (Phi) is 3.91. The van der Waals surface area contributed by atoms with Crippen LogP contribution in [0.4, 0.5) is 11.4 Å². The van der Waals surface area contributed by atoms with Gasteiger partial charge in [-0.05, 0) is 29.8 Å². The van der Waals surface area contributed by atoms with E-state index in [0.717, 1.165) is 30.1 Å². The summed E-state index contributed by atoms with van der Waals surface area (Å²) in [7, 11) is 0. The van der Waals surface area contributed by atoms with Crippen molar-refractivity contribution in [3.05, 3.63) is 58.6 Å². The summed E-state index contributed by atoms with van der Waals surface area (Å²) in [6.07, 6.45) is 0. The van der Waals surface area contributed by atoms with E-state index in [4.69, 9.17) is 0 Å². The first kappa shape index (κ1) is 14.4. The number of benzene rings is 2. The number of rotatable bonds is 2. The molecule has 2 aliphatic heterocycles. The van der Waals surface area contributed by atoms with Crippen LogP contribution in [0.15, 0.2) is 58.0 Å². The van der Waals surface area contributed by atoms with Crippen molar-refractivity contribution in [3.63, 3.8) is 0 Å². The van der Waals surface area contributed by atoms with Crippen LogP contribution in [0.25, 0.3) is 0 Å². The van der Waals surface area contributed by atoms with E-state index in [1.165, 1.54) is 16.9 Å². The maximum atomic E-state index is 4.67. The van der Waals surface area contributed by atoms with Crippen molar-refractivity contribution >= 4 is 45.7 Å². The molecular formula is C16H15BrClN3. The molecule has 0 atom stereocenters. The number of anilines is 2. The fraction of sp³-hybridized carbons (Fsp3) is 0.188. The van der Waals surface area contributed by atoms with Gasteiger partial charge in [0, 0.05) is 11.0 Å². The van der Waals surface area contributed by atoms with Crippen LogP contribution in [0, 0.1) is 0 Å². The van der Waals surface area contributed by atoms with Crippen molar-refractivity contribution in [1.29, 1.82) is 0 Å². The molecular weight excluding hydrogens is 350 g/mol. The number of hydrogen-bond donors (Lipinski definition) is 0. The molecule has 21 heavy (non-hydrogen) atoms. The van der Waals surface area contributed by atoms with E-state index >= 15 is 0 Å². The van der Waals surface area contributed by atoms with Gasteiger partial charge in [-0.15, -0.1) is 12.4 Å². The maximum absolute atomic E-state index is 4.67. The van der Waals surface area contributed by atoms with Gasteiger partial charge >= 0.3 is 0 Å². The average molecular weight is 365 g/mol. The zero-order valence-electron chi connectivity index (χ0n) is 11.4. The van der Waals surface area contributed by atoms with Gasteiger partial charge in [0.2, 0.25) is 5.96 Å². The second-order valence-electron chi connectivity index (χ2n) is 5.03. The summed E-state index contributed by atoms with van der Waals surface area (Å²) in [6.45, 7) is 2.74. The number of hydrogen-bond acceptors (Lipinski definition) is 3. The molecule has 0 N–H and O–H groups in total. The summed E-state index contributed by atoms with van der Waals surface area (Å²) >= 11 is 3.48. The molecule has 2 aromatic carbocycles. The molecule has 0 bridgehead atoms. The molecule has 5 heteroatoms. The Bertz CT molecular complexity index is 684. The Hall–Kier alpha value is -1.52. The van der Waals surface area contributed by atoms with Crippen LogP contribution in [0.5, 0.6) is 0 Å². The lowest BCUT2D eigenvalue weighted by Gasteiger charge is -2.19. The Labute approximate surface area is 138 Å². The molecule has 0 aromatic heterocycles. The number of guanidine groups is 1. The lowest BCUT2D eigenvalue weighted by atomic mass is 10.2. The molecule has 0 radical (unpaired) electrons. The van der Waals surface area contributed by atoms with Crippen LogP contribution < -0.4 is 9.80 Å². The minimum absolute atomic E-state index is 0. The fourth-order valence-electron chi connectivity index (χ4n) is 2.85. The van der Waals surface area contributed by atoms with Gasteiger partial charge in [0.1, 0.15) is 0 Å². The molecule has 0 amide bonds. The molecule has 2 heterocycles. The summed E-state index contributed by atoms with van der Waals surface area (Å²) in [5.74, 6) is 1.09. The monoisotopic (exact) mass is 363 g/mol. The van der Waals surface area contributed by atoms with Crippen LogP contribution in [0.3, 0.4) is 0 Å². The van der Waals surface area contributed by atoms with Crippen molar-refractivity contribution in [2.75, 3.05) is 22.9 Å². The number of nitrogens with zero attached hydrogens (tertiary/aromatic N) is 3. The molecule has 0 saturated carbocycles. The second-order valence-corrected chi connectivity index (χ2v) is 5.95. The Morgan fingerprint density at radius 3 is 2.48 bits per heavy atom. The highest BCUT2D eigenvalue weighted by Crippen LogP contribution is 2.39. The molecule has 0 aliphatic carbocycles. The first-order valence-corrected chi connectivity index (χ1v) is 7.55. The molecule has 108 valence electrons. The highest BCUT2D eigenvalue weighted by molar-refractivity contribution is 9.10. The molecule has 2 aromatic rings. The number of para-hydroxylation sites is 2. The van der Waals surface area contributed by atoms with Crippen molar-refractivity contribution in [1.82, 2.24) is 0 Å². The number of halogens is 2. The van der Waals surface area contributed by atoms with Gasteiger partial charge in [-0.3, -0.25) is 4.99 Å². The van der Waals surface area contributed by atoms with E-state index in [1.54, 1.807) is 0 Å². The Morgan fingerprint density at radius 1 is 1.00 bits per heavy atom. The van der Waals surface area contributed by atoms with E-state index in [1.807, 2.05) is 0 Å². The minimum atomic E-state index is 0. The zero-order chi connectivity index (χ0) is 13.5. The van der Waals surface area contributed by atoms with Crippen LogP contribution in [0.1, 0.15) is 5.56 Å². The van der Waals surface area contributed by atoms with Gasteiger partial charge in [-0.2, -0.15) is 0 Å². The quantitative estimate of drug-likeness (QED) is 0.800. The summed E-state index contributed by atoms with van der Waals surface area (Å²) in [5, 5.41) is 0. The minimum Gasteiger partial charge on any atom is -0.308 e. The molecule has 3 nitrogen and oxygen atoms in total. The first-order chi connectivity index (χ1) is 9.83. The van der Waals surface area contributed by atoms with E-state index in [9.17, 15) is 0 Å². The molecule has 2 aliphatic rings. The Morgan fingerprint density at radius 2 is 1.71 bits per heavy atom. The van der Waals surface area contributed by atoms with Gasteiger partial charge in [-0.25, -0.2) is 0 Å². The molecule has 0 spiro atoms. The first-order valence-electron chi connectivity index (χ1n) is 6.76. The summed E-state index contributed by atoms with van der Waals surface area (Å²) in [6, 6.07) is 17.0. The molecule has 0 fully saturated rings. The second kappa shape index (κ2) is 5.70. The van der Waals surface area contributed by atoms with Crippen LogP contribution in [-0.4, -0.2) is 19.0 Å². The lowest BCUT2D eigenvalue weighted by molar-refractivity contribution is 1.01. The number of aliphatic imine (C=N–C) groups is 1. The van der Waals surface area contributed by atoms with Crippen LogP contribution in [0.2, 0.25) is 0 Å². The van der Waals surface area contributed by atoms with Gasteiger partial charge in [-0.1, -0.05) is 40.2 Å². The topological polar surface area (TPSA) is 18.8 Å². The third-order valence-corrected chi connectivity index (χ3v) is 4.31. The maximum Gasteiger partial charge on any atom is 0.206 e. The number of fused-ring (bicyclic) bond motifs is 3. The van der Waals surface area contributed by atoms with E-state index in [0.29, 0.717) is 0 Å². The Balaban J connectivity index is 0.00000132. The average Bonchev–Trinajstić information content (AvgIpc) is 3.05. The largest absolute Gasteiger partial charge is 0.308 e. The van der Waals surface area contributed by atoms with Gasteiger partial charge in [0.25, 0.3) is 0 Å². The van der Waals surface area contributed by atoms with Crippen molar-refractivity contribution < 1.29 is 0 Å². The third kappa shape index (κ3) is 2.43. The van der Waals surface area contributed by atoms with E-state index < -0.39 is 0 Å². The van der Waals surface area contributed by atoms with Crippen LogP contribution in [-0.2, 0) is 6.54 Å². The highest BCUT2D eigenvalue weighted by atomic mass is 79.9. The summed E-state index contributed by atoms with van der Waals surface area (Å²) < 4.78 is 1.11. The van der Waals surface area contributed by atoms with Gasteiger partial charge in [0.15, 0.2) is 0 Å². The van der Waals surface area contributed by atoms with Gasteiger partial charge in [0.05, 0.1) is 24.5 Å². The summed E-state index contributed by atoms with van der Waals surface area (Å²) in [4.78, 5) is 9.29. The zero-order valence-corrected chi connectivity index (χ0v) is 13.8. The highest BCUT2D eigenvalue weighted by Gasteiger charge is 2.34. The predicted octanol–water partition coefficient (Wildman–Crippen LogP) is 4.07. The SMILES string of the molecule is Brc1ccc(CN2C3=NCCN3c3ccccc32)cc1.Cl. The molecule has 0 saturated heterocycles. The normalized spacial score (nSPS) is 15.4. The van der Waals surface area contributed by atoms with Crippen molar-refractivity contribution in [2.24, 2.45) is 4.99 Å². The fourth-order valence-corrected chi connectivity index (χ4v) is 3.12.